The molecule has 0 bridgehead atoms. The molecule has 1 aromatic carbocycles. The first-order chi connectivity index (χ1) is 9.24. The standard InChI is InChI=1S/C15H22BrNO2/c16-13-4-3-5-14(10-13)19-9-8-17-11-15(12-18)6-1-2-7-15/h3-5,10,17-18H,1-2,6-9,11-12H2. The maximum Gasteiger partial charge on any atom is 0.120 e. The fraction of sp³-hybridized carbons (Fsp3) is 0.600. The number of nitrogens with one attached hydrogen (secondary N) is 1. The first kappa shape index (κ1) is 14.8. The second-order valence-electron chi connectivity index (χ2n) is 5.35. The van der Waals surface area contributed by atoms with Gasteiger partial charge in [0.15, 0.2) is 0 Å². The summed E-state index contributed by atoms with van der Waals surface area (Å²) in [7, 11) is 0. The molecule has 4 heteroatoms. The van der Waals surface area contributed by atoms with Crippen molar-refractivity contribution in [3.05, 3.63) is 28.7 Å². The number of aliphatic hydroxyl groups excluding tert-OH is 1. The molecule has 0 heterocycles. The van der Waals surface area contributed by atoms with E-state index in [1.807, 2.05) is 24.3 Å². The highest BCUT2D eigenvalue weighted by Gasteiger charge is 2.32. The molecular weight excluding hydrogens is 306 g/mol. The lowest BCUT2D eigenvalue weighted by atomic mass is 9.87. The van der Waals surface area contributed by atoms with Gasteiger partial charge in [-0.2, -0.15) is 0 Å². The van der Waals surface area contributed by atoms with Gasteiger partial charge in [-0.1, -0.05) is 34.8 Å². The van der Waals surface area contributed by atoms with E-state index in [2.05, 4.69) is 21.2 Å². The summed E-state index contributed by atoms with van der Waals surface area (Å²) in [5.74, 6) is 0.883. The zero-order valence-electron chi connectivity index (χ0n) is 11.2. The third-order valence-corrected chi connectivity index (χ3v) is 4.34. The summed E-state index contributed by atoms with van der Waals surface area (Å²) in [6.07, 6.45) is 4.78. The molecule has 1 aliphatic rings. The molecule has 0 radical (unpaired) electrons. The molecule has 1 saturated carbocycles. The van der Waals surface area contributed by atoms with Crippen LogP contribution >= 0.6 is 15.9 Å². The highest BCUT2D eigenvalue weighted by atomic mass is 79.9. The van der Waals surface area contributed by atoms with E-state index in [4.69, 9.17) is 4.74 Å². The molecule has 2 rings (SSSR count). The molecule has 2 N–H and O–H groups in total. The van der Waals surface area contributed by atoms with Crippen LogP contribution in [0.15, 0.2) is 28.7 Å². The van der Waals surface area contributed by atoms with Gasteiger partial charge >= 0.3 is 0 Å². The maximum atomic E-state index is 9.51. The average molecular weight is 328 g/mol. The Labute approximate surface area is 123 Å². The number of hydrogen-bond acceptors (Lipinski definition) is 3. The van der Waals surface area contributed by atoms with Gasteiger partial charge in [-0.25, -0.2) is 0 Å². The molecule has 0 aromatic heterocycles. The Morgan fingerprint density at radius 3 is 2.79 bits per heavy atom. The van der Waals surface area contributed by atoms with Crippen molar-refractivity contribution in [2.45, 2.75) is 25.7 Å². The smallest absolute Gasteiger partial charge is 0.120 e. The lowest BCUT2D eigenvalue weighted by molar-refractivity contribution is 0.127. The third kappa shape index (κ3) is 4.48. The summed E-state index contributed by atoms with van der Waals surface area (Å²) in [6.45, 7) is 2.66. The van der Waals surface area contributed by atoms with E-state index < -0.39 is 0 Å². The van der Waals surface area contributed by atoms with Crippen LogP contribution in [0, 0.1) is 5.41 Å². The number of hydrogen-bond donors (Lipinski definition) is 2. The predicted molar refractivity (Wildman–Crippen MR) is 80.5 cm³/mol. The molecule has 0 aliphatic heterocycles. The van der Waals surface area contributed by atoms with Crippen molar-refractivity contribution in [3.63, 3.8) is 0 Å². The normalized spacial score (nSPS) is 17.6. The fourth-order valence-electron chi connectivity index (χ4n) is 2.67. The Hall–Kier alpha value is -0.580. The van der Waals surface area contributed by atoms with Crippen molar-refractivity contribution in [1.82, 2.24) is 5.32 Å². The van der Waals surface area contributed by atoms with Crippen molar-refractivity contribution >= 4 is 15.9 Å². The van der Waals surface area contributed by atoms with Gasteiger partial charge in [0.2, 0.25) is 0 Å². The second kappa shape index (κ2) is 7.27. The minimum absolute atomic E-state index is 0.121. The fourth-order valence-corrected chi connectivity index (χ4v) is 3.05. The third-order valence-electron chi connectivity index (χ3n) is 3.84. The summed E-state index contributed by atoms with van der Waals surface area (Å²) in [5, 5.41) is 12.9. The minimum Gasteiger partial charge on any atom is -0.492 e. The summed E-state index contributed by atoms with van der Waals surface area (Å²) >= 11 is 3.42. The van der Waals surface area contributed by atoms with Crippen molar-refractivity contribution in [3.8, 4) is 5.75 Å². The quantitative estimate of drug-likeness (QED) is 0.756. The summed E-state index contributed by atoms with van der Waals surface area (Å²) in [6, 6.07) is 7.87. The molecule has 19 heavy (non-hydrogen) atoms. The lowest BCUT2D eigenvalue weighted by Gasteiger charge is -2.26. The second-order valence-corrected chi connectivity index (χ2v) is 6.26. The van der Waals surface area contributed by atoms with Crippen LogP contribution in [-0.4, -0.2) is 31.4 Å². The number of rotatable bonds is 7. The van der Waals surface area contributed by atoms with Crippen molar-refractivity contribution in [2.75, 3.05) is 26.3 Å². The highest BCUT2D eigenvalue weighted by Crippen LogP contribution is 2.36. The molecule has 0 amide bonds. The number of benzene rings is 1. The van der Waals surface area contributed by atoms with E-state index in [9.17, 15) is 5.11 Å². The summed E-state index contributed by atoms with van der Waals surface area (Å²) in [4.78, 5) is 0. The van der Waals surface area contributed by atoms with Gasteiger partial charge < -0.3 is 15.2 Å². The highest BCUT2D eigenvalue weighted by molar-refractivity contribution is 9.10. The first-order valence-electron chi connectivity index (χ1n) is 6.94. The maximum absolute atomic E-state index is 9.51. The van der Waals surface area contributed by atoms with E-state index in [-0.39, 0.29) is 5.41 Å². The number of ether oxygens (including phenoxy) is 1. The molecular formula is C15H22BrNO2. The lowest BCUT2D eigenvalue weighted by Crippen LogP contribution is -2.36. The molecule has 3 nitrogen and oxygen atoms in total. The Morgan fingerprint density at radius 1 is 1.32 bits per heavy atom. The Balaban J connectivity index is 1.64. The first-order valence-corrected chi connectivity index (χ1v) is 7.73. The molecule has 1 aliphatic carbocycles. The Morgan fingerprint density at radius 2 is 2.11 bits per heavy atom. The Kier molecular flexibility index (Phi) is 5.67. The topological polar surface area (TPSA) is 41.5 Å². The van der Waals surface area contributed by atoms with Gasteiger partial charge in [0, 0.05) is 29.6 Å². The summed E-state index contributed by atoms with van der Waals surface area (Å²) in [5.41, 5.74) is 0.121. The van der Waals surface area contributed by atoms with Crippen LogP contribution in [0.1, 0.15) is 25.7 Å². The minimum atomic E-state index is 0.121. The van der Waals surface area contributed by atoms with Crippen LogP contribution < -0.4 is 10.1 Å². The van der Waals surface area contributed by atoms with Crippen LogP contribution in [0.5, 0.6) is 5.75 Å². The van der Waals surface area contributed by atoms with Gasteiger partial charge in [-0.15, -0.1) is 0 Å². The Bertz CT molecular complexity index is 391. The SMILES string of the molecule is OCC1(CNCCOc2cccc(Br)c2)CCCC1. The van der Waals surface area contributed by atoms with Gasteiger partial charge in [0.05, 0.1) is 0 Å². The van der Waals surface area contributed by atoms with Crippen LogP contribution in [0.4, 0.5) is 0 Å². The number of halogens is 1. The zero-order chi connectivity index (χ0) is 13.6. The molecule has 0 atom stereocenters. The van der Waals surface area contributed by atoms with Crippen LogP contribution in [0.3, 0.4) is 0 Å². The largest absolute Gasteiger partial charge is 0.492 e. The molecule has 1 aromatic rings. The number of aliphatic hydroxyl groups is 1. The van der Waals surface area contributed by atoms with Gasteiger partial charge in [0.1, 0.15) is 12.4 Å². The predicted octanol–water partition coefficient (Wildman–Crippen LogP) is 2.97. The van der Waals surface area contributed by atoms with Crippen molar-refractivity contribution in [1.29, 1.82) is 0 Å². The van der Waals surface area contributed by atoms with Gasteiger partial charge in [-0.3, -0.25) is 0 Å². The zero-order valence-corrected chi connectivity index (χ0v) is 12.8. The summed E-state index contributed by atoms with van der Waals surface area (Å²) < 4.78 is 6.69. The van der Waals surface area contributed by atoms with Crippen molar-refractivity contribution in [2.24, 2.45) is 5.41 Å². The molecule has 106 valence electrons. The molecule has 1 fully saturated rings. The molecule has 0 spiro atoms. The van der Waals surface area contributed by atoms with E-state index in [0.29, 0.717) is 13.2 Å². The van der Waals surface area contributed by atoms with Gasteiger partial charge in [0.25, 0.3) is 0 Å². The molecule has 0 saturated heterocycles. The van der Waals surface area contributed by atoms with Crippen LogP contribution in [0.2, 0.25) is 0 Å². The van der Waals surface area contributed by atoms with E-state index in [1.54, 1.807) is 0 Å². The molecule has 0 unspecified atom stereocenters. The van der Waals surface area contributed by atoms with E-state index in [0.717, 1.165) is 36.2 Å². The van der Waals surface area contributed by atoms with E-state index >= 15 is 0 Å². The van der Waals surface area contributed by atoms with Crippen molar-refractivity contribution < 1.29 is 9.84 Å². The van der Waals surface area contributed by atoms with Crippen LogP contribution in [0.25, 0.3) is 0 Å². The average Bonchev–Trinajstić information content (AvgIpc) is 2.88. The monoisotopic (exact) mass is 327 g/mol. The van der Waals surface area contributed by atoms with Gasteiger partial charge in [-0.05, 0) is 31.0 Å². The van der Waals surface area contributed by atoms with E-state index in [1.165, 1.54) is 12.8 Å². The van der Waals surface area contributed by atoms with Crippen LogP contribution in [-0.2, 0) is 0 Å².